The molecule has 1 aromatic carbocycles. The van der Waals surface area contributed by atoms with Crippen LogP contribution in [0.3, 0.4) is 0 Å². The molecule has 1 aliphatic heterocycles. The number of benzene rings is 1. The maximum Gasteiger partial charge on any atom is 0.181 e. The van der Waals surface area contributed by atoms with Crippen molar-refractivity contribution in [2.24, 2.45) is 0 Å². The molecule has 2 aromatic rings. The summed E-state index contributed by atoms with van der Waals surface area (Å²) in [6, 6.07) is 8.60. The van der Waals surface area contributed by atoms with E-state index in [0.717, 1.165) is 10.5 Å². The van der Waals surface area contributed by atoms with E-state index in [4.69, 9.17) is 12.2 Å². The predicted molar refractivity (Wildman–Crippen MR) is 72.4 cm³/mol. The summed E-state index contributed by atoms with van der Waals surface area (Å²) in [5.74, 6) is 0. The van der Waals surface area contributed by atoms with Gasteiger partial charge >= 0.3 is 0 Å². The summed E-state index contributed by atoms with van der Waals surface area (Å²) in [4.78, 5) is 5.43. The van der Waals surface area contributed by atoms with E-state index in [0.29, 0.717) is 0 Å². The van der Waals surface area contributed by atoms with Crippen molar-refractivity contribution in [1.82, 2.24) is 9.55 Å². The first kappa shape index (κ1) is 10.6. The Morgan fingerprint density at radius 3 is 2.24 bits per heavy atom. The first-order chi connectivity index (χ1) is 8.34. The van der Waals surface area contributed by atoms with Crippen molar-refractivity contribution in [2.75, 3.05) is 18.0 Å². The summed E-state index contributed by atoms with van der Waals surface area (Å²) in [5, 5.41) is 0. The molecule has 1 saturated heterocycles. The maximum absolute atomic E-state index is 5.20. The van der Waals surface area contributed by atoms with Crippen LogP contribution >= 0.6 is 12.2 Å². The fraction of sp³-hybridized carbons (Fsp3) is 0.308. The Bertz CT molecular complexity index is 547. The van der Waals surface area contributed by atoms with Crippen molar-refractivity contribution in [1.29, 1.82) is 0 Å². The molecule has 0 aliphatic carbocycles. The minimum Gasteiger partial charge on any atom is -0.372 e. The van der Waals surface area contributed by atoms with Crippen molar-refractivity contribution >= 4 is 17.9 Å². The second-order valence-corrected chi connectivity index (χ2v) is 4.73. The third-order valence-corrected chi connectivity index (χ3v) is 3.56. The van der Waals surface area contributed by atoms with Crippen LogP contribution in [0.15, 0.2) is 36.7 Å². The van der Waals surface area contributed by atoms with Crippen LogP contribution in [0.2, 0.25) is 0 Å². The smallest absolute Gasteiger partial charge is 0.181 e. The molecule has 3 nitrogen and oxygen atoms in total. The normalized spacial score (nSPS) is 15.4. The Balaban J connectivity index is 1.90. The molecule has 0 amide bonds. The van der Waals surface area contributed by atoms with Gasteiger partial charge in [-0.1, -0.05) is 0 Å². The van der Waals surface area contributed by atoms with Gasteiger partial charge in [-0.15, -0.1) is 0 Å². The molecular weight excluding hydrogens is 230 g/mol. The van der Waals surface area contributed by atoms with Crippen LogP contribution in [-0.4, -0.2) is 22.6 Å². The van der Waals surface area contributed by atoms with Gasteiger partial charge in [0, 0.05) is 36.9 Å². The average molecular weight is 245 g/mol. The number of aromatic nitrogens is 2. The van der Waals surface area contributed by atoms with Crippen molar-refractivity contribution < 1.29 is 0 Å². The highest BCUT2D eigenvalue weighted by Gasteiger charge is 2.11. The van der Waals surface area contributed by atoms with Gasteiger partial charge in [0.2, 0.25) is 0 Å². The second kappa shape index (κ2) is 4.37. The fourth-order valence-electron chi connectivity index (χ4n) is 2.32. The van der Waals surface area contributed by atoms with E-state index in [1.54, 1.807) is 0 Å². The number of nitrogens with zero attached hydrogens (tertiary/aromatic N) is 2. The molecule has 4 heteroatoms. The molecular formula is C13H15N3S. The van der Waals surface area contributed by atoms with Gasteiger partial charge in [-0.05, 0) is 49.3 Å². The summed E-state index contributed by atoms with van der Waals surface area (Å²) >= 11 is 5.20. The van der Waals surface area contributed by atoms with Gasteiger partial charge in [0.25, 0.3) is 0 Å². The van der Waals surface area contributed by atoms with E-state index in [1.807, 2.05) is 17.0 Å². The fourth-order valence-corrected chi connectivity index (χ4v) is 2.56. The molecule has 0 unspecified atom stereocenters. The number of aromatic amines is 1. The lowest BCUT2D eigenvalue weighted by Crippen LogP contribution is -2.17. The van der Waals surface area contributed by atoms with E-state index in [1.165, 1.54) is 31.6 Å². The Hall–Kier alpha value is -1.55. The average Bonchev–Trinajstić information content (AvgIpc) is 3.00. The van der Waals surface area contributed by atoms with Gasteiger partial charge in [0.15, 0.2) is 4.77 Å². The summed E-state index contributed by atoms with van der Waals surface area (Å²) < 4.78 is 2.71. The minimum absolute atomic E-state index is 0.735. The molecule has 17 heavy (non-hydrogen) atoms. The molecule has 1 aliphatic rings. The number of hydrogen-bond acceptors (Lipinski definition) is 2. The van der Waals surface area contributed by atoms with Crippen LogP contribution in [0.4, 0.5) is 5.69 Å². The monoisotopic (exact) mass is 245 g/mol. The van der Waals surface area contributed by atoms with E-state index >= 15 is 0 Å². The highest BCUT2D eigenvalue weighted by molar-refractivity contribution is 7.71. The lowest BCUT2D eigenvalue weighted by Gasteiger charge is -2.17. The van der Waals surface area contributed by atoms with Crippen molar-refractivity contribution in [2.45, 2.75) is 12.8 Å². The zero-order valence-corrected chi connectivity index (χ0v) is 10.4. The van der Waals surface area contributed by atoms with Crippen LogP contribution < -0.4 is 4.90 Å². The molecule has 0 spiro atoms. The highest BCUT2D eigenvalue weighted by Crippen LogP contribution is 2.21. The highest BCUT2D eigenvalue weighted by atomic mass is 32.1. The molecule has 1 N–H and O–H groups in total. The van der Waals surface area contributed by atoms with E-state index < -0.39 is 0 Å². The standard InChI is InChI=1S/C13H15N3S/c17-13-14-7-10-16(13)12-5-3-11(4-6-12)15-8-1-2-9-15/h3-7,10H,1-2,8-9H2,(H,14,17). The van der Waals surface area contributed by atoms with Gasteiger partial charge in [-0.3, -0.25) is 4.57 Å². The molecule has 1 fully saturated rings. The van der Waals surface area contributed by atoms with Crippen LogP contribution in [0.5, 0.6) is 0 Å². The molecule has 0 radical (unpaired) electrons. The van der Waals surface area contributed by atoms with E-state index in [-0.39, 0.29) is 0 Å². The van der Waals surface area contributed by atoms with E-state index in [9.17, 15) is 0 Å². The first-order valence-electron chi connectivity index (χ1n) is 5.96. The lowest BCUT2D eigenvalue weighted by atomic mass is 10.2. The zero-order valence-electron chi connectivity index (χ0n) is 9.60. The number of H-pyrrole nitrogens is 1. The Labute approximate surface area is 106 Å². The van der Waals surface area contributed by atoms with Crippen LogP contribution in [0.1, 0.15) is 12.8 Å². The van der Waals surface area contributed by atoms with Gasteiger partial charge in [0.1, 0.15) is 0 Å². The SMILES string of the molecule is S=c1[nH]ccn1-c1ccc(N2CCCC2)cc1. The van der Waals surface area contributed by atoms with Gasteiger partial charge in [-0.25, -0.2) is 0 Å². The quantitative estimate of drug-likeness (QED) is 0.822. The number of imidazole rings is 1. The third-order valence-electron chi connectivity index (χ3n) is 3.25. The molecule has 0 atom stereocenters. The topological polar surface area (TPSA) is 24.0 Å². The Morgan fingerprint density at radius 2 is 1.65 bits per heavy atom. The zero-order chi connectivity index (χ0) is 11.7. The summed E-state index contributed by atoms with van der Waals surface area (Å²) in [7, 11) is 0. The molecule has 3 rings (SSSR count). The van der Waals surface area contributed by atoms with Crippen LogP contribution in [0.25, 0.3) is 5.69 Å². The molecule has 88 valence electrons. The summed E-state index contributed by atoms with van der Waals surface area (Å²) in [6.07, 6.45) is 6.43. The van der Waals surface area contributed by atoms with Crippen molar-refractivity contribution in [3.8, 4) is 5.69 Å². The van der Waals surface area contributed by atoms with Crippen LogP contribution in [-0.2, 0) is 0 Å². The molecule has 2 heterocycles. The minimum atomic E-state index is 0.735. The molecule has 0 bridgehead atoms. The Kier molecular flexibility index (Phi) is 2.73. The number of anilines is 1. The molecule has 0 saturated carbocycles. The maximum atomic E-state index is 5.20. The van der Waals surface area contributed by atoms with Gasteiger partial charge in [-0.2, -0.15) is 0 Å². The van der Waals surface area contributed by atoms with Crippen LogP contribution in [0, 0.1) is 4.77 Å². The van der Waals surface area contributed by atoms with E-state index in [2.05, 4.69) is 34.1 Å². The number of rotatable bonds is 2. The number of nitrogens with one attached hydrogen (secondary N) is 1. The Morgan fingerprint density at radius 1 is 1.00 bits per heavy atom. The predicted octanol–water partition coefficient (Wildman–Crippen LogP) is 3.14. The second-order valence-electron chi connectivity index (χ2n) is 4.35. The van der Waals surface area contributed by atoms with Crippen molar-refractivity contribution in [3.63, 3.8) is 0 Å². The van der Waals surface area contributed by atoms with Crippen molar-refractivity contribution in [3.05, 3.63) is 41.4 Å². The first-order valence-corrected chi connectivity index (χ1v) is 6.37. The summed E-state index contributed by atoms with van der Waals surface area (Å²) in [5.41, 5.74) is 2.42. The number of hydrogen-bond donors (Lipinski definition) is 1. The third kappa shape index (κ3) is 2.00. The summed E-state index contributed by atoms with van der Waals surface area (Å²) in [6.45, 7) is 2.37. The molecule has 1 aromatic heterocycles. The van der Waals surface area contributed by atoms with Gasteiger partial charge < -0.3 is 9.88 Å². The largest absolute Gasteiger partial charge is 0.372 e. The lowest BCUT2D eigenvalue weighted by molar-refractivity contribution is 0.949. The van der Waals surface area contributed by atoms with Gasteiger partial charge in [0.05, 0.1) is 0 Å².